The number of hydrogen-bond donors (Lipinski definition) is 2. The Morgan fingerprint density at radius 1 is 0.931 bits per heavy atom. The zero-order valence-electron chi connectivity index (χ0n) is 16.1. The molecule has 4 nitrogen and oxygen atoms in total. The van der Waals surface area contributed by atoms with E-state index < -0.39 is 0 Å². The van der Waals surface area contributed by atoms with Gasteiger partial charge in [-0.15, -0.1) is 0 Å². The molecule has 0 amide bonds. The lowest BCUT2D eigenvalue weighted by Crippen LogP contribution is -3.00. The summed E-state index contributed by atoms with van der Waals surface area (Å²) in [7, 11) is 0. The molecule has 0 fully saturated rings. The lowest BCUT2D eigenvalue weighted by atomic mass is 9.95. The lowest BCUT2D eigenvalue weighted by Gasteiger charge is -2.12. The van der Waals surface area contributed by atoms with Crippen molar-refractivity contribution in [1.29, 1.82) is 0 Å². The minimum atomic E-state index is 0. The molecule has 0 saturated heterocycles. The van der Waals surface area contributed by atoms with Crippen LogP contribution in [0.2, 0.25) is 0 Å². The number of hydrogen-bond acceptors (Lipinski definition) is 3. The van der Waals surface area contributed by atoms with Crippen LogP contribution in [0.4, 0.5) is 0 Å². The van der Waals surface area contributed by atoms with Crippen LogP contribution in [0.1, 0.15) is 22.3 Å². The quantitative estimate of drug-likeness (QED) is 0.555. The monoisotopic (exact) mass is 409 g/mol. The highest BCUT2D eigenvalue weighted by Crippen LogP contribution is 2.28. The molecule has 3 aromatic carbocycles. The maximum atomic E-state index is 9.41. The Morgan fingerprint density at radius 2 is 1.72 bits per heavy atom. The molecule has 0 atom stereocenters. The van der Waals surface area contributed by atoms with E-state index in [-0.39, 0.29) is 19.0 Å². The van der Waals surface area contributed by atoms with Gasteiger partial charge in [0.05, 0.1) is 5.56 Å². The molecule has 2 N–H and O–H groups in total. The van der Waals surface area contributed by atoms with Crippen molar-refractivity contribution in [3.63, 3.8) is 0 Å². The van der Waals surface area contributed by atoms with Crippen LogP contribution in [0.25, 0.3) is 0 Å². The van der Waals surface area contributed by atoms with Crippen LogP contribution >= 0.6 is 0 Å². The number of aliphatic hydroxyl groups excluding tert-OH is 1. The topological polar surface area (TPSA) is 52.7 Å². The maximum absolute atomic E-state index is 9.41. The summed E-state index contributed by atoms with van der Waals surface area (Å²) in [4.78, 5) is 3.50. The van der Waals surface area contributed by atoms with Crippen molar-refractivity contribution >= 4 is 5.71 Å². The Bertz CT molecular complexity index is 973. The minimum absolute atomic E-state index is 0. The third kappa shape index (κ3) is 4.97. The van der Waals surface area contributed by atoms with E-state index in [9.17, 15) is 5.11 Å². The number of rotatable bonds is 6. The van der Waals surface area contributed by atoms with Crippen molar-refractivity contribution in [2.24, 2.45) is 0 Å². The Balaban J connectivity index is 0.00000240. The molecular weight excluding hydrogens is 386 g/mol. The summed E-state index contributed by atoms with van der Waals surface area (Å²) in [5.74, 6) is 1.59. The molecular formula is C24H24ClNO3. The van der Waals surface area contributed by atoms with Crippen LogP contribution < -0.4 is 26.9 Å². The van der Waals surface area contributed by atoms with Crippen LogP contribution in [-0.4, -0.2) is 30.6 Å². The van der Waals surface area contributed by atoms with E-state index >= 15 is 0 Å². The third-order valence-electron chi connectivity index (χ3n) is 4.80. The normalized spacial score (nSPS) is 12.7. The minimum Gasteiger partial charge on any atom is -1.00 e. The predicted molar refractivity (Wildman–Crippen MR) is 109 cm³/mol. The van der Waals surface area contributed by atoms with Crippen LogP contribution in [0.5, 0.6) is 11.5 Å². The Kier molecular flexibility index (Phi) is 7.28. The first-order valence-corrected chi connectivity index (χ1v) is 9.59. The number of fused-ring (bicyclic) bond motifs is 1. The van der Waals surface area contributed by atoms with Crippen molar-refractivity contribution in [3.05, 3.63) is 95.1 Å². The highest BCUT2D eigenvalue weighted by Gasteiger charge is 2.23. The number of nitrogens with one attached hydrogen (secondary N) is 1. The molecule has 1 aliphatic rings. The summed E-state index contributed by atoms with van der Waals surface area (Å²) < 4.78 is 11.9. The van der Waals surface area contributed by atoms with Crippen molar-refractivity contribution in [3.8, 4) is 11.5 Å². The molecule has 0 bridgehead atoms. The van der Waals surface area contributed by atoms with Gasteiger partial charge < -0.3 is 27.0 Å². The number of aliphatic hydroxyl groups is 1. The zero-order chi connectivity index (χ0) is 19.2. The molecule has 0 aliphatic carbocycles. The summed E-state index contributed by atoms with van der Waals surface area (Å²) in [6.45, 7) is 1.95. The second kappa shape index (κ2) is 10.1. The first-order chi connectivity index (χ1) is 13.8. The van der Waals surface area contributed by atoms with Gasteiger partial charge in [0.2, 0.25) is 5.71 Å². The van der Waals surface area contributed by atoms with Crippen LogP contribution in [0, 0.1) is 0 Å². The molecule has 4 rings (SSSR count). The van der Waals surface area contributed by atoms with Gasteiger partial charge in [-0.1, -0.05) is 48.5 Å². The Hall–Kier alpha value is -2.82. The maximum Gasteiger partial charge on any atom is 0.217 e. The molecule has 0 radical (unpaired) electrons. The van der Waals surface area contributed by atoms with E-state index in [4.69, 9.17) is 9.47 Å². The first-order valence-electron chi connectivity index (χ1n) is 9.59. The average Bonchev–Trinajstić information content (AvgIpc) is 2.96. The smallest absolute Gasteiger partial charge is 0.217 e. The second-order valence-corrected chi connectivity index (χ2v) is 6.71. The summed E-state index contributed by atoms with van der Waals surface area (Å²) >= 11 is 0. The SMILES string of the molecule is OCCc1ccccc1C1=[NH+]CCOc2cc(OCc3ccccc3)ccc21.[Cl-]. The van der Waals surface area contributed by atoms with Crippen LogP contribution in [-0.2, 0) is 13.0 Å². The van der Waals surface area contributed by atoms with Crippen molar-refractivity contribution in [1.82, 2.24) is 0 Å². The summed E-state index contributed by atoms with van der Waals surface area (Å²) in [5.41, 5.74) is 5.39. The summed E-state index contributed by atoms with van der Waals surface area (Å²) in [5, 5.41) is 9.41. The van der Waals surface area contributed by atoms with Crippen LogP contribution in [0.3, 0.4) is 0 Å². The standard InChI is InChI=1S/C24H23NO3.ClH/c26-14-12-19-8-4-5-9-21(19)24-22-11-10-20(16-23(22)27-15-13-25-24)28-17-18-6-2-1-3-7-18;/h1-11,16,26H,12-15,17H2;1H. The van der Waals surface area contributed by atoms with Crippen LogP contribution in [0.15, 0.2) is 72.8 Å². The average molecular weight is 410 g/mol. The predicted octanol–water partition coefficient (Wildman–Crippen LogP) is -0.885. The summed E-state index contributed by atoms with van der Waals surface area (Å²) in [6.07, 6.45) is 0.621. The first kappa shape index (κ1) is 20.9. The van der Waals surface area contributed by atoms with E-state index in [0.717, 1.165) is 46.0 Å². The van der Waals surface area contributed by atoms with Gasteiger partial charge in [0.25, 0.3) is 0 Å². The largest absolute Gasteiger partial charge is 1.00 e. The van der Waals surface area contributed by atoms with Gasteiger partial charge in [0.1, 0.15) is 24.7 Å². The van der Waals surface area contributed by atoms with Gasteiger partial charge >= 0.3 is 0 Å². The molecule has 150 valence electrons. The molecule has 1 heterocycles. The van der Waals surface area contributed by atoms with Crippen molar-refractivity contribution in [2.75, 3.05) is 19.8 Å². The van der Waals surface area contributed by atoms with E-state index in [1.807, 2.05) is 60.7 Å². The van der Waals surface area contributed by atoms with E-state index in [2.05, 4.69) is 17.1 Å². The van der Waals surface area contributed by atoms with Gasteiger partial charge in [0.15, 0.2) is 6.54 Å². The van der Waals surface area contributed by atoms with Crippen molar-refractivity contribution in [2.45, 2.75) is 13.0 Å². The number of halogens is 1. The molecule has 0 saturated carbocycles. The lowest BCUT2D eigenvalue weighted by molar-refractivity contribution is -0.456. The van der Waals surface area contributed by atoms with E-state index in [0.29, 0.717) is 19.6 Å². The van der Waals surface area contributed by atoms with Crippen molar-refractivity contribution < 1.29 is 32.0 Å². The molecule has 29 heavy (non-hydrogen) atoms. The molecule has 0 unspecified atom stereocenters. The van der Waals surface area contributed by atoms with Gasteiger partial charge in [-0.05, 0) is 35.7 Å². The molecule has 5 heteroatoms. The van der Waals surface area contributed by atoms with Gasteiger partial charge in [0, 0.05) is 18.2 Å². The number of ether oxygens (including phenoxy) is 2. The van der Waals surface area contributed by atoms with E-state index in [1.165, 1.54) is 0 Å². The highest BCUT2D eigenvalue weighted by atomic mass is 35.5. The van der Waals surface area contributed by atoms with E-state index in [1.54, 1.807) is 0 Å². The second-order valence-electron chi connectivity index (χ2n) is 6.71. The molecule has 0 spiro atoms. The fourth-order valence-corrected chi connectivity index (χ4v) is 3.43. The fraction of sp³-hybridized carbons (Fsp3) is 0.208. The third-order valence-corrected chi connectivity index (χ3v) is 4.80. The molecule has 1 aliphatic heterocycles. The Morgan fingerprint density at radius 3 is 2.55 bits per heavy atom. The highest BCUT2D eigenvalue weighted by molar-refractivity contribution is 6.11. The van der Waals surface area contributed by atoms with Gasteiger partial charge in [-0.2, -0.15) is 0 Å². The Labute approximate surface area is 177 Å². The van der Waals surface area contributed by atoms with Gasteiger partial charge in [-0.25, -0.2) is 4.99 Å². The number of benzene rings is 3. The summed E-state index contributed by atoms with van der Waals surface area (Å²) in [6, 6.07) is 24.3. The molecule has 0 aromatic heterocycles. The molecule has 3 aromatic rings. The van der Waals surface area contributed by atoms with Gasteiger partial charge in [-0.3, -0.25) is 0 Å². The zero-order valence-corrected chi connectivity index (χ0v) is 16.9. The fourth-order valence-electron chi connectivity index (χ4n) is 3.43.